The summed E-state index contributed by atoms with van der Waals surface area (Å²) in [7, 11) is 0. The predicted molar refractivity (Wildman–Crippen MR) is 125 cm³/mol. The fraction of sp³-hybridized carbons (Fsp3) is 0.130. The Kier molecular flexibility index (Phi) is 7.45. The van der Waals surface area contributed by atoms with Gasteiger partial charge in [-0.15, -0.1) is 0 Å². The number of benzene rings is 3. The standard InChI is InChI=1S/C23H19Cl2N3O4/c1-14-9-17(12-26-27-23(29)18-4-6-19(7-5-18)28(30)31)10-15(2)22(14)32-13-16-3-8-20(24)21(25)11-16/h3-12H,13H2,1-2H3,(H,27,29)/b26-12-. The van der Waals surface area contributed by atoms with Crippen molar-refractivity contribution >= 4 is 41.0 Å². The molecule has 0 aliphatic carbocycles. The summed E-state index contributed by atoms with van der Waals surface area (Å²) in [6, 6.07) is 14.4. The molecule has 32 heavy (non-hydrogen) atoms. The average molecular weight is 472 g/mol. The van der Waals surface area contributed by atoms with E-state index in [2.05, 4.69) is 10.5 Å². The van der Waals surface area contributed by atoms with Crippen LogP contribution in [0, 0.1) is 24.0 Å². The largest absolute Gasteiger partial charge is 0.488 e. The van der Waals surface area contributed by atoms with Gasteiger partial charge >= 0.3 is 0 Å². The molecule has 0 saturated carbocycles. The summed E-state index contributed by atoms with van der Waals surface area (Å²) in [5.41, 5.74) is 6.10. The van der Waals surface area contributed by atoms with Crippen LogP contribution in [-0.4, -0.2) is 17.0 Å². The minimum Gasteiger partial charge on any atom is -0.488 e. The van der Waals surface area contributed by atoms with E-state index in [9.17, 15) is 14.9 Å². The van der Waals surface area contributed by atoms with Gasteiger partial charge in [-0.2, -0.15) is 5.10 Å². The molecule has 0 aromatic heterocycles. The first-order valence-electron chi connectivity index (χ1n) is 9.50. The van der Waals surface area contributed by atoms with E-state index >= 15 is 0 Å². The van der Waals surface area contributed by atoms with Crippen LogP contribution >= 0.6 is 23.2 Å². The minimum absolute atomic E-state index is 0.0857. The Morgan fingerprint density at radius 2 is 1.72 bits per heavy atom. The van der Waals surface area contributed by atoms with E-state index < -0.39 is 10.8 Å². The number of nitro groups is 1. The fourth-order valence-electron chi connectivity index (χ4n) is 3.04. The fourth-order valence-corrected chi connectivity index (χ4v) is 3.36. The zero-order valence-electron chi connectivity index (χ0n) is 17.3. The highest BCUT2D eigenvalue weighted by atomic mass is 35.5. The zero-order valence-corrected chi connectivity index (χ0v) is 18.8. The number of hydrogen-bond donors (Lipinski definition) is 1. The van der Waals surface area contributed by atoms with Crippen molar-refractivity contribution in [3.63, 3.8) is 0 Å². The Morgan fingerprint density at radius 1 is 1.06 bits per heavy atom. The first-order valence-corrected chi connectivity index (χ1v) is 10.3. The van der Waals surface area contributed by atoms with Crippen molar-refractivity contribution in [2.45, 2.75) is 20.5 Å². The van der Waals surface area contributed by atoms with Gasteiger partial charge in [0.15, 0.2) is 0 Å². The number of nitro benzene ring substituents is 1. The van der Waals surface area contributed by atoms with Gasteiger partial charge in [-0.05, 0) is 72.5 Å². The van der Waals surface area contributed by atoms with Gasteiger partial charge in [0.1, 0.15) is 12.4 Å². The smallest absolute Gasteiger partial charge is 0.271 e. The van der Waals surface area contributed by atoms with Gasteiger partial charge in [0.25, 0.3) is 11.6 Å². The van der Waals surface area contributed by atoms with Crippen LogP contribution < -0.4 is 10.2 Å². The third-order valence-electron chi connectivity index (χ3n) is 4.57. The first kappa shape index (κ1) is 23.2. The monoisotopic (exact) mass is 471 g/mol. The Hall–Kier alpha value is -3.42. The number of halogens is 2. The van der Waals surface area contributed by atoms with Crippen LogP contribution in [0.1, 0.15) is 32.6 Å². The molecule has 9 heteroatoms. The summed E-state index contributed by atoms with van der Waals surface area (Å²) in [4.78, 5) is 22.3. The lowest BCUT2D eigenvalue weighted by Crippen LogP contribution is -2.17. The third-order valence-corrected chi connectivity index (χ3v) is 5.31. The van der Waals surface area contributed by atoms with Gasteiger partial charge in [-0.1, -0.05) is 29.3 Å². The van der Waals surface area contributed by atoms with Crippen LogP contribution in [0.4, 0.5) is 5.69 Å². The van der Waals surface area contributed by atoms with E-state index in [0.29, 0.717) is 16.7 Å². The number of nitrogens with one attached hydrogen (secondary N) is 1. The quantitative estimate of drug-likeness (QED) is 0.265. The maximum absolute atomic E-state index is 12.1. The Morgan fingerprint density at radius 3 is 2.31 bits per heavy atom. The summed E-state index contributed by atoms with van der Waals surface area (Å²) in [6.45, 7) is 4.19. The number of hydrazone groups is 1. The molecular formula is C23H19Cl2N3O4. The van der Waals surface area contributed by atoms with Gasteiger partial charge in [-0.25, -0.2) is 5.43 Å². The van der Waals surface area contributed by atoms with E-state index in [0.717, 1.165) is 28.0 Å². The Bertz CT molecular complexity index is 1170. The number of aryl methyl sites for hydroxylation is 2. The molecule has 0 fully saturated rings. The average Bonchev–Trinajstić information content (AvgIpc) is 2.75. The van der Waals surface area contributed by atoms with Crippen LogP contribution in [0.15, 0.2) is 59.7 Å². The van der Waals surface area contributed by atoms with Crippen LogP contribution in [0.5, 0.6) is 5.75 Å². The molecule has 0 aliphatic rings. The Labute approximate surface area is 194 Å². The van der Waals surface area contributed by atoms with Crippen molar-refractivity contribution in [2.24, 2.45) is 5.10 Å². The second-order valence-corrected chi connectivity index (χ2v) is 7.84. The van der Waals surface area contributed by atoms with Crippen LogP contribution in [0.3, 0.4) is 0 Å². The summed E-state index contributed by atoms with van der Waals surface area (Å²) in [6.07, 6.45) is 1.52. The number of rotatable bonds is 7. The number of ether oxygens (including phenoxy) is 1. The molecule has 1 amide bonds. The Balaban J connectivity index is 1.63. The molecule has 0 bridgehead atoms. The van der Waals surface area contributed by atoms with Gasteiger partial charge in [0.05, 0.1) is 21.2 Å². The molecule has 7 nitrogen and oxygen atoms in total. The van der Waals surface area contributed by atoms with Gasteiger partial charge in [0.2, 0.25) is 0 Å². The molecule has 0 aliphatic heterocycles. The highest BCUT2D eigenvalue weighted by Gasteiger charge is 2.10. The van der Waals surface area contributed by atoms with Crippen molar-refractivity contribution in [3.05, 3.63) is 103 Å². The van der Waals surface area contributed by atoms with E-state index in [1.807, 2.05) is 32.0 Å². The summed E-state index contributed by atoms with van der Waals surface area (Å²) < 4.78 is 5.97. The molecule has 0 saturated heterocycles. The molecule has 0 unspecified atom stereocenters. The molecule has 3 aromatic rings. The highest BCUT2D eigenvalue weighted by molar-refractivity contribution is 6.42. The van der Waals surface area contributed by atoms with Gasteiger partial charge in [0, 0.05) is 17.7 Å². The zero-order chi connectivity index (χ0) is 23.3. The number of nitrogens with zero attached hydrogens (tertiary/aromatic N) is 2. The van der Waals surface area contributed by atoms with Crippen LogP contribution in [-0.2, 0) is 6.61 Å². The van der Waals surface area contributed by atoms with E-state index in [1.54, 1.807) is 12.1 Å². The normalized spacial score (nSPS) is 10.9. The van der Waals surface area contributed by atoms with Gasteiger partial charge in [-0.3, -0.25) is 14.9 Å². The van der Waals surface area contributed by atoms with Gasteiger partial charge < -0.3 is 4.74 Å². The van der Waals surface area contributed by atoms with Crippen molar-refractivity contribution < 1.29 is 14.5 Å². The molecule has 164 valence electrons. The lowest BCUT2D eigenvalue weighted by molar-refractivity contribution is -0.384. The molecular weight excluding hydrogens is 453 g/mol. The maximum atomic E-state index is 12.1. The molecule has 0 heterocycles. The van der Waals surface area contributed by atoms with Crippen molar-refractivity contribution in [2.75, 3.05) is 0 Å². The molecule has 0 spiro atoms. The molecule has 3 rings (SSSR count). The second kappa shape index (κ2) is 10.3. The lowest BCUT2D eigenvalue weighted by atomic mass is 10.1. The number of non-ortho nitro benzene ring substituents is 1. The van der Waals surface area contributed by atoms with Crippen molar-refractivity contribution in [1.82, 2.24) is 5.43 Å². The summed E-state index contributed by atoms with van der Waals surface area (Å²) in [5.74, 6) is 0.286. The van der Waals surface area contributed by atoms with Crippen LogP contribution in [0.2, 0.25) is 10.0 Å². The molecule has 3 aromatic carbocycles. The van der Waals surface area contributed by atoms with Crippen molar-refractivity contribution in [3.8, 4) is 5.75 Å². The predicted octanol–water partition coefficient (Wildman–Crippen LogP) is 5.86. The molecule has 0 radical (unpaired) electrons. The minimum atomic E-state index is -0.525. The topological polar surface area (TPSA) is 93.8 Å². The van der Waals surface area contributed by atoms with E-state index in [4.69, 9.17) is 27.9 Å². The second-order valence-electron chi connectivity index (χ2n) is 7.02. The first-order chi connectivity index (χ1) is 15.2. The third kappa shape index (κ3) is 5.84. The molecule has 1 N–H and O–H groups in total. The van der Waals surface area contributed by atoms with E-state index in [1.165, 1.54) is 30.5 Å². The SMILES string of the molecule is Cc1cc(/C=N\NC(=O)c2ccc([N+](=O)[O-])cc2)cc(C)c1OCc1ccc(Cl)c(Cl)c1. The summed E-state index contributed by atoms with van der Waals surface area (Å²) in [5, 5.41) is 15.6. The number of carbonyl (C=O) groups excluding carboxylic acids is 1. The number of carbonyl (C=O) groups is 1. The lowest BCUT2D eigenvalue weighted by Gasteiger charge is -2.13. The summed E-state index contributed by atoms with van der Waals surface area (Å²) >= 11 is 12.0. The number of hydrogen-bond acceptors (Lipinski definition) is 5. The highest BCUT2D eigenvalue weighted by Crippen LogP contribution is 2.27. The van der Waals surface area contributed by atoms with E-state index in [-0.39, 0.29) is 11.3 Å². The van der Waals surface area contributed by atoms with Crippen molar-refractivity contribution in [1.29, 1.82) is 0 Å². The maximum Gasteiger partial charge on any atom is 0.271 e. The molecule has 0 atom stereocenters. The van der Waals surface area contributed by atoms with Crippen LogP contribution in [0.25, 0.3) is 0 Å². The number of amides is 1.